The minimum Gasteiger partial charge on any atom is -0.478 e. The van der Waals surface area contributed by atoms with Gasteiger partial charge in [-0.05, 0) is 160 Å². The van der Waals surface area contributed by atoms with Gasteiger partial charge < -0.3 is 15.3 Å². The van der Waals surface area contributed by atoms with Gasteiger partial charge in [-0.3, -0.25) is 4.79 Å². The van der Waals surface area contributed by atoms with E-state index in [-0.39, 0.29) is 27.1 Å². The summed E-state index contributed by atoms with van der Waals surface area (Å²) in [5, 5.41) is 12.9. The smallest absolute Gasteiger partial charge is 0.335 e. The molecule has 5 heteroatoms. The molecule has 1 aromatic rings. The summed E-state index contributed by atoms with van der Waals surface area (Å²) >= 11 is 0. The first kappa shape index (κ1) is 39.4. The van der Waals surface area contributed by atoms with Gasteiger partial charge in [-0.25, -0.2) is 4.79 Å². The molecule has 0 aromatic heterocycles. The normalized spacial score (nSPS) is 36.9. The number of carboxylic acids is 1. The van der Waals surface area contributed by atoms with Crippen molar-refractivity contribution in [3.63, 3.8) is 0 Å². The summed E-state index contributed by atoms with van der Waals surface area (Å²) in [7, 11) is 4.21. The third-order valence-corrected chi connectivity index (χ3v) is 14.9. The van der Waals surface area contributed by atoms with Crippen LogP contribution in [0.2, 0.25) is 0 Å². The van der Waals surface area contributed by atoms with Gasteiger partial charge in [0.15, 0.2) is 0 Å². The monoisotopic (exact) mass is 675 g/mol. The molecular formula is C44H70N2O3. The highest BCUT2D eigenvalue weighted by molar-refractivity contribution is 5.88. The lowest BCUT2D eigenvalue weighted by Gasteiger charge is -2.72. The van der Waals surface area contributed by atoms with Crippen molar-refractivity contribution in [3.8, 4) is 0 Å². The number of carbonyl (C=O) groups is 2. The first-order chi connectivity index (χ1) is 23.1. The van der Waals surface area contributed by atoms with Gasteiger partial charge in [-0.1, -0.05) is 79.2 Å². The van der Waals surface area contributed by atoms with Gasteiger partial charge in [0.05, 0.1) is 11.0 Å². The molecule has 274 valence electrons. The number of rotatable bonds is 7. The summed E-state index contributed by atoms with van der Waals surface area (Å²) in [6.45, 7) is 23.9. The van der Waals surface area contributed by atoms with Crippen molar-refractivity contribution in [2.45, 2.75) is 126 Å². The zero-order chi connectivity index (χ0) is 36.4. The second-order valence-electron chi connectivity index (χ2n) is 17.6. The predicted octanol–water partition coefficient (Wildman–Crippen LogP) is 10.5. The van der Waals surface area contributed by atoms with Crippen molar-refractivity contribution in [2.24, 2.45) is 50.7 Å². The fourth-order valence-corrected chi connectivity index (χ4v) is 12.6. The minimum absolute atomic E-state index is 0.0225. The molecule has 0 radical (unpaired) electrons. The van der Waals surface area contributed by atoms with E-state index in [1.165, 1.54) is 56.1 Å². The maximum absolute atomic E-state index is 13.9. The van der Waals surface area contributed by atoms with Crippen molar-refractivity contribution in [1.82, 2.24) is 10.2 Å². The number of aromatic carboxylic acids is 1. The van der Waals surface area contributed by atoms with E-state index in [0.717, 1.165) is 38.8 Å². The highest BCUT2D eigenvalue weighted by Gasteiger charge is 2.70. The van der Waals surface area contributed by atoms with Crippen LogP contribution in [0.25, 0.3) is 5.57 Å². The Morgan fingerprint density at radius 2 is 1.55 bits per heavy atom. The van der Waals surface area contributed by atoms with Crippen LogP contribution in [0.4, 0.5) is 0 Å². The predicted molar refractivity (Wildman–Crippen MR) is 205 cm³/mol. The second-order valence-corrected chi connectivity index (χ2v) is 17.6. The fourth-order valence-electron chi connectivity index (χ4n) is 12.6. The summed E-state index contributed by atoms with van der Waals surface area (Å²) in [4.78, 5) is 27.6. The first-order valence-corrected chi connectivity index (χ1v) is 19.7. The van der Waals surface area contributed by atoms with Crippen LogP contribution in [0.5, 0.6) is 0 Å². The van der Waals surface area contributed by atoms with Crippen LogP contribution in [0.1, 0.15) is 142 Å². The van der Waals surface area contributed by atoms with Gasteiger partial charge in [-0.2, -0.15) is 0 Å². The molecule has 8 atom stereocenters. The van der Waals surface area contributed by atoms with Gasteiger partial charge >= 0.3 is 5.97 Å². The van der Waals surface area contributed by atoms with E-state index < -0.39 is 5.97 Å². The lowest BCUT2D eigenvalue weighted by atomic mass is 9.32. The quantitative estimate of drug-likeness (QED) is 0.223. The molecule has 49 heavy (non-hydrogen) atoms. The Morgan fingerprint density at radius 3 is 2.16 bits per heavy atom. The molecule has 0 bridgehead atoms. The summed E-state index contributed by atoms with van der Waals surface area (Å²) in [5.74, 6) is 1.94. The molecule has 5 aliphatic carbocycles. The Hall–Kier alpha value is -2.40. The highest BCUT2D eigenvalue weighted by atomic mass is 16.4. The molecule has 0 heterocycles. The van der Waals surface area contributed by atoms with Crippen LogP contribution in [-0.4, -0.2) is 49.1 Å². The maximum Gasteiger partial charge on any atom is 0.335 e. The minimum atomic E-state index is -0.866. The average molecular weight is 675 g/mol. The topological polar surface area (TPSA) is 69.6 Å². The van der Waals surface area contributed by atoms with Crippen LogP contribution in [0.3, 0.4) is 0 Å². The summed E-state index contributed by atoms with van der Waals surface area (Å²) in [6.07, 6.45) is 17.2. The van der Waals surface area contributed by atoms with Crippen molar-refractivity contribution < 1.29 is 14.7 Å². The summed E-state index contributed by atoms with van der Waals surface area (Å²) in [6, 6.07) is 7.57. The molecule has 0 spiro atoms. The molecule has 5 aliphatic rings. The molecular weight excluding hydrogens is 604 g/mol. The van der Waals surface area contributed by atoms with E-state index >= 15 is 0 Å². The van der Waals surface area contributed by atoms with E-state index in [1.807, 2.05) is 32.9 Å². The molecule has 5 nitrogen and oxygen atoms in total. The molecule has 4 fully saturated rings. The largest absolute Gasteiger partial charge is 0.478 e. The molecule has 4 saturated carbocycles. The Morgan fingerprint density at radius 1 is 0.898 bits per heavy atom. The number of nitrogens with zero attached hydrogens (tertiary/aromatic N) is 1. The molecule has 2 N–H and O–H groups in total. The number of amides is 1. The number of hydrogen-bond acceptors (Lipinski definition) is 3. The van der Waals surface area contributed by atoms with Gasteiger partial charge in [0.1, 0.15) is 0 Å². The highest BCUT2D eigenvalue weighted by Crippen LogP contribution is 2.77. The third kappa shape index (κ3) is 6.60. The van der Waals surface area contributed by atoms with Crippen molar-refractivity contribution in [3.05, 3.63) is 54.1 Å². The van der Waals surface area contributed by atoms with E-state index in [1.54, 1.807) is 18.2 Å². The number of nitrogens with one attached hydrogen (secondary N) is 1. The van der Waals surface area contributed by atoms with Gasteiger partial charge in [-0.15, -0.1) is 6.58 Å². The standard InChI is InChI=1S/C39H58N2O3.C3H6.C2H6/c1-35(2)28(26-11-13-27(14-12-26)33(42)43)17-20-36(3)31(35)18-21-38(5)32(36)16-15-29-30-10-8-19-39(30,23-22-37(29,38)4)34(44)40-24-9-25-41(6)7;1-3-2;1-2/h11-14,17,29-32H,8-10,15-16,18-25H2,1-7H3,(H,40,44)(H,42,43);3H,1H2,2H3;1-2H3/t29?,30?,31?,32?,36?,37-,38?,39?;;/m1../s1. The molecule has 0 aliphatic heterocycles. The Kier molecular flexibility index (Phi) is 12.1. The van der Waals surface area contributed by atoms with Gasteiger partial charge in [0, 0.05) is 6.54 Å². The first-order valence-electron chi connectivity index (χ1n) is 19.7. The van der Waals surface area contributed by atoms with Crippen molar-refractivity contribution in [1.29, 1.82) is 0 Å². The number of carbonyl (C=O) groups excluding carboxylic acids is 1. The lowest BCUT2D eigenvalue weighted by molar-refractivity contribution is -0.222. The van der Waals surface area contributed by atoms with Crippen LogP contribution in [-0.2, 0) is 4.79 Å². The number of fused-ring (bicyclic) bond motifs is 7. The summed E-state index contributed by atoms with van der Waals surface area (Å²) in [5.41, 5.74) is 3.59. The number of carboxylic acid groups (broad SMARTS) is 1. The van der Waals surface area contributed by atoms with Gasteiger partial charge in [0.25, 0.3) is 0 Å². The van der Waals surface area contributed by atoms with E-state index in [4.69, 9.17) is 0 Å². The Bertz CT molecular complexity index is 1360. The van der Waals surface area contributed by atoms with Crippen molar-refractivity contribution >= 4 is 17.4 Å². The molecule has 7 unspecified atom stereocenters. The molecule has 6 rings (SSSR count). The number of benzene rings is 1. The maximum atomic E-state index is 13.9. The van der Waals surface area contributed by atoms with Crippen LogP contribution < -0.4 is 5.32 Å². The van der Waals surface area contributed by atoms with Crippen molar-refractivity contribution in [2.75, 3.05) is 27.2 Å². The number of allylic oxidation sites excluding steroid dienone is 3. The number of hydrogen-bond donors (Lipinski definition) is 2. The fraction of sp³-hybridized carbons (Fsp3) is 0.727. The van der Waals surface area contributed by atoms with Crippen LogP contribution in [0, 0.1) is 50.7 Å². The average Bonchev–Trinajstić information content (AvgIpc) is 3.50. The Balaban J connectivity index is 0.00000103. The molecule has 1 aromatic carbocycles. The summed E-state index contributed by atoms with van der Waals surface area (Å²) < 4.78 is 0. The Labute approximate surface area is 299 Å². The van der Waals surface area contributed by atoms with Crippen LogP contribution >= 0.6 is 0 Å². The third-order valence-electron chi connectivity index (χ3n) is 14.9. The van der Waals surface area contributed by atoms with E-state index in [0.29, 0.717) is 35.1 Å². The van der Waals surface area contributed by atoms with Gasteiger partial charge in [0.2, 0.25) is 5.91 Å². The van der Waals surface area contributed by atoms with Crippen LogP contribution in [0.15, 0.2) is 43.0 Å². The zero-order valence-electron chi connectivity index (χ0n) is 32.9. The molecule has 1 amide bonds. The zero-order valence-corrected chi connectivity index (χ0v) is 32.9. The lowest BCUT2D eigenvalue weighted by Crippen LogP contribution is -2.65. The SMILES string of the molecule is C=CC.CC.CN(C)CCCNC(=O)C12CCCC1C1CCC3C4(C)CC=C(c5ccc(C(=O)O)cc5)C(C)(C)C4CCC3(C)[C@]1(C)CC2. The molecule has 0 saturated heterocycles. The van der Waals surface area contributed by atoms with E-state index in [9.17, 15) is 14.7 Å². The second kappa shape index (κ2) is 15.1. The van der Waals surface area contributed by atoms with E-state index in [2.05, 4.69) is 71.6 Å².